The van der Waals surface area contributed by atoms with E-state index in [1.807, 2.05) is 0 Å². The van der Waals surface area contributed by atoms with Crippen LogP contribution in [0.1, 0.15) is 17.7 Å². The average molecular weight is 281 g/mol. The number of esters is 1. The van der Waals surface area contributed by atoms with Gasteiger partial charge in [-0.25, -0.2) is 13.8 Å². The Morgan fingerprint density at radius 3 is 2.72 bits per heavy atom. The first-order valence-corrected chi connectivity index (χ1v) is 4.93. The molecule has 0 aliphatic heterocycles. The number of carbonyl (C=O) groups is 1. The van der Waals surface area contributed by atoms with E-state index in [9.17, 15) is 23.7 Å². The quantitative estimate of drug-likeness (QED) is 0.366. The molecule has 0 radical (unpaired) electrons. The Morgan fingerprint density at radius 2 is 2.28 bits per heavy atom. The minimum atomic E-state index is -3.01. The molecule has 9 heteroatoms. The molecule has 0 unspecified atom stereocenters. The second-order valence-electron chi connectivity index (χ2n) is 3.14. The fourth-order valence-corrected chi connectivity index (χ4v) is 1.42. The summed E-state index contributed by atoms with van der Waals surface area (Å²) in [5.74, 6) is -0.797. The van der Waals surface area contributed by atoms with Gasteiger partial charge in [0, 0.05) is 11.6 Å². The molecule has 0 aliphatic rings. The molecule has 0 N–H and O–H groups in total. The topological polar surface area (TPSA) is 82.3 Å². The second-order valence-corrected chi connectivity index (χ2v) is 3.50. The third-order valence-corrected chi connectivity index (χ3v) is 2.32. The van der Waals surface area contributed by atoms with Crippen LogP contribution < -0.4 is 0 Å². The van der Waals surface area contributed by atoms with Crippen LogP contribution in [0.2, 0.25) is 5.15 Å². The molecule has 0 amide bonds. The maximum absolute atomic E-state index is 12.7. The van der Waals surface area contributed by atoms with Gasteiger partial charge < -0.3 is 4.74 Å². The largest absolute Gasteiger partial charge is 0.469 e. The number of nitro groups is 1. The highest BCUT2D eigenvalue weighted by molar-refractivity contribution is 6.31. The van der Waals surface area contributed by atoms with E-state index in [2.05, 4.69) is 9.72 Å². The molecular formula is C9H7ClF2N2O4. The highest BCUT2D eigenvalue weighted by Gasteiger charge is 2.24. The molecule has 0 spiro atoms. The number of pyridine rings is 1. The number of ether oxygens (including phenoxy) is 1. The summed E-state index contributed by atoms with van der Waals surface area (Å²) in [4.78, 5) is 24.1. The molecule has 1 aromatic rings. The van der Waals surface area contributed by atoms with Gasteiger partial charge >= 0.3 is 11.7 Å². The van der Waals surface area contributed by atoms with Crippen LogP contribution in [0, 0.1) is 10.1 Å². The Labute approximate surface area is 105 Å². The number of halogens is 3. The van der Waals surface area contributed by atoms with Gasteiger partial charge in [0.25, 0.3) is 6.43 Å². The second kappa shape index (κ2) is 5.67. The smallest absolute Gasteiger partial charge is 0.311 e. The number of aromatic nitrogens is 1. The molecule has 1 rings (SSSR count). The molecule has 0 saturated heterocycles. The Kier molecular flexibility index (Phi) is 4.49. The van der Waals surface area contributed by atoms with Crippen LogP contribution >= 0.6 is 11.6 Å². The number of hydrogen-bond donors (Lipinski definition) is 0. The van der Waals surface area contributed by atoms with E-state index in [0.717, 1.165) is 7.11 Å². The van der Waals surface area contributed by atoms with E-state index in [1.165, 1.54) is 0 Å². The maximum Gasteiger partial charge on any atom is 0.311 e. The van der Waals surface area contributed by atoms with E-state index in [4.69, 9.17) is 11.6 Å². The van der Waals surface area contributed by atoms with Crippen LogP contribution in [0.15, 0.2) is 6.07 Å². The lowest BCUT2D eigenvalue weighted by atomic mass is 10.1. The van der Waals surface area contributed by atoms with Crippen molar-refractivity contribution < 1.29 is 23.2 Å². The van der Waals surface area contributed by atoms with Crippen molar-refractivity contribution in [2.75, 3.05) is 7.11 Å². The molecule has 0 fully saturated rings. The van der Waals surface area contributed by atoms with Crippen molar-refractivity contribution in [1.82, 2.24) is 4.98 Å². The van der Waals surface area contributed by atoms with Crippen LogP contribution in [0.4, 0.5) is 14.5 Å². The Morgan fingerprint density at radius 1 is 1.67 bits per heavy atom. The zero-order valence-electron chi connectivity index (χ0n) is 9.02. The number of carbonyl (C=O) groups excluding carboxylic acids is 1. The van der Waals surface area contributed by atoms with Gasteiger partial charge in [-0.05, 0) is 0 Å². The summed E-state index contributed by atoms with van der Waals surface area (Å²) in [6.07, 6.45) is -3.54. The van der Waals surface area contributed by atoms with Crippen molar-refractivity contribution in [2.45, 2.75) is 12.8 Å². The van der Waals surface area contributed by atoms with Gasteiger partial charge in [-0.3, -0.25) is 14.9 Å². The van der Waals surface area contributed by atoms with Gasteiger partial charge in [0.15, 0.2) is 0 Å². The molecule has 98 valence electrons. The number of hydrogen-bond acceptors (Lipinski definition) is 5. The monoisotopic (exact) mass is 280 g/mol. The normalized spacial score (nSPS) is 10.5. The summed E-state index contributed by atoms with van der Waals surface area (Å²) in [5.41, 5.74) is -1.79. The molecule has 1 heterocycles. The van der Waals surface area contributed by atoms with Gasteiger partial charge in [0.2, 0.25) is 5.15 Å². The van der Waals surface area contributed by atoms with Gasteiger partial charge in [-0.2, -0.15) is 0 Å². The molecule has 0 saturated carbocycles. The molecule has 0 aliphatic carbocycles. The third-order valence-electron chi connectivity index (χ3n) is 2.04. The summed E-state index contributed by atoms with van der Waals surface area (Å²) in [6.45, 7) is 0. The molecule has 0 bridgehead atoms. The van der Waals surface area contributed by atoms with Crippen LogP contribution in [0.3, 0.4) is 0 Å². The highest BCUT2D eigenvalue weighted by atomic mass is 35.5. The first-order chi connectivity index (χ1) is 8.36. The molecule has 1 aromatic heterocycles. The summed E-state index contributed by atoms with van der Waals surface area (Å²) >= 11 is 5.48. The lowest BCUT2D eigenvalue weighted by Crippen LogP contribution is -2.10. The van der Waals surface area contributed by atoms with E-state index in [0.29, 0.717) is 6.07 Å². The van der Waals surface area contributed by atoms with Gasteiger partial charge in [-0.1, -0.05) is 11.6 Å². The van der Waals surface area contributed by atoms with Crippen LogP contribution in [0.25, 0.3) is 0 Å². The van der Waals surface area contributed by atoms with Crippen LogP contribution in [-0.2, 0) is 16.0 Å². The maximum atomic E-state index is 12.7. The Bertz CT molecular complexity index is 496. The van der Waals surface area contributed by atoms with Gasteiger partial charge in [-0.15, -0.1) is 0 Å². The predicted octanol–water partition coefficient (Wildman–Crippen LogP) is 2.30. The first-order valence-electron chi connectivity index (χ1n) is 4.55. The number of nitrogens with zero attached hydrogens (tertiary/aromatic N) is 2. The standard InChI is InChI=1S/C9H7ClF2N2O4/c1-18-7(15)3-5-4(9(11)12)2-6(14(16)17)8(10)13-5/h2,9H,3H2,1H3. The zero-order valence-corrected chi connectivity index (χ0v) is 9.78. The third kappa shape index (κ3) is 3.10. The van der Waals surface area contributed by atoms with Crippen molar-refractivity contribution in [3.8, 4) is 0 Å². The summed E-state index contributed by atoms with van der Waals surface area (Å²) in [7, 11) is 1.08. The van der Waals surface area contributed by atoms with Crippen molar-refractivity contribution in [1.29, 1.82) is 0 Å². The van der Waals surface area contributed by atoms with Crippen molar-refractivity contribution >= 4 is 23.3 Å². The van der Waals surface area contributed by atoms with Gasteiger partial charge in [0.05, 0.1) is 24.1 Å². The average Bonchev–Trinajstić information content (AvgIpc) is 2.27. The minimum Gasteiger partial charge on any atom is -0.469 e. The molecule has 6 nitrogen and oxygen atoms in total. The number of rotatable bonds is 4. The SMILES string of the molecule is COC(=O)Cc1nc(Cl)c([N+](=O)[O-])cc1C(F)F. The van der Waals surface area contributed by atoms with E-state index in [-0.39, 0.29) is 5.69 Å². The fourth-order valence-electron chi connectivity index (χ4n) is 1.20. The van der Waals surface area contributed by atoms with E-state index < -0.39 is 40.1 Å². The number of methoxy groups -OCH3 is 1. The first kappa shape index (κ1) is 14.2. The summed E-state index contributed by atoms with van der Waals surface area (Å²) < 4.78 is 29.7. The highest BCUT2D eigenvalue weighted by Crippen LogP contribution is 2.30. The summed E-state index contributed by atoms with van der Waals surface area (Å²) in [6, 6.07) is 0.609. The fraction of sp³-hybridized carbons (Fsp3) is 0.333. The Hall–Kier alpha value is -1.83. The van der Waals surface area contributed by atoms with Crippen molar-refractivity contribution in [3.63, 3.8) is 0 Å². The Balaban J connectivity index is 3.29. The molecule has 0 aromatic carbocycles. The van der Waals surface area contributed by atoms with E-state index >= 15 is 0 Å². The number of alkyl halides is 2. The van der Waals surface area contributed by atoms with E-state index in [1.54, 1.807) is 0 Å². The lowest BCUT2D eigenvalue weighted by Gasteiger charge is -2.07. The molecule has 0 atom stereocenters. The van der Waals surface area contributed by atoms with Crippen LogP contribution in [-0.4, -0.2) is 23.0 Å². The van der Waals surface area contributed by atoms with Crippen molar-refractivity contribution in [2.24, 2.45) is 0 Å². The lowest BCUT2D eigenvalue weighted by molar-refractivity contribution is -0.385. The summed E-state index contributed by atoms with van der Waals surface area (Å²) in [5, 5.41) is 9.98. The minimum absolute atomic E-state index is 0.340. The predicted molar refractivity (Wildman–Crippen MR) is 56.6 cm³/mol. The molecule has 18 heavy (non-hydrogen) atoms. The van der Waals surface area contributed by atoms with Crippen LogP contribution in [0.5, 0.6) is 0 Å². The van der Waals surface area contributed by atoms with Crippen molar-refractivity contribution in [3.05, 3.63) is 32.6 Å². The zero-order chi connectivity index (χ0) is 13.9. The molecular weight excluding hydrogens is 274 g/mol. The van der Waals surface area contributed by atoms with Gasteiger partial charge in [0.1, 0.15) is 0 Å².